The van der Waals surface area contributed by atoms with Crippen LogP contribution in [0.4, 0.5) is 0 Å². The quantitative estimate of drug-likeness (QED) is 0.839. The molecule has 16 heavy (non-hydrogen) atoms. The number of para-hydroxylation sites is 1. The molecule has 0 fully saturated rings. The number of aryl methyl sites for hydroxylation is 1. The van der Waals surface area contributed by atoms with Gasteiger partial charge in [0, 0.05) is 11.4 Å². The molecule has 0 amide bonds. The van der Waals surface area contributed by atoms with E-state index < -0.39 is 0 Å². The molecule has 0 saturated carbocycles. The summed E-state index contributed by atoms with van der Waals surface area (Å²) < 4.78 is 5.31. The van der Waals surface area contributed by atoms with Gasteiger partial charge in [0.15, 0.2) is 0 Å². The molecule has 1 aromatic heterocycles. The highest BCUT2D eigenvalue weighted by atomic mass is 16.5. The first kappa shape index (κ1) is 10.9. The zero-order valence-electron chi connectivity index (χ0n) is 9.82. The summed E-state index contributed by atoms with van der Waals surface area (Å²) >= 11 is 0. The lowest BCUT2D eigenvalue weighted by atomic mass is 10.1. The molecule has 3 nitrogen and oxygen atoms in total. The fourth-order valence-electron chi connectivity index (χ4n) is 1.81. The topological polar surface area (TPSA) is 48.1 Å². The van der Waals surface area contributed by atoms with Crippen LogP contribution in [0.15, 0.2) is 24.3 Å². The predicted octanol–water partition coefficient (Wildman–Crippen LogP) is 2.57. The highest BCUT2D eigenvalue weighted by Gasteiger charge is 2.09. The van der Waals surface area contributed by atoms with Gasteiger partial charge in [-0.2, -0.15) is 0 Å². The standard InChI is InChI=1S/C13H16N2O/c1-8-7-11(9(2)14)15-13-10(8)5-4-6-12(13)16-3/h4-7,9H,14H2,1-3H3. The summed E-state index contributed by atoms with van der Waals surface area (Å²) in [5.74, 6) is 0.795. The van der Waals surface area contributed by atoms with E-state index in [2.05, 4.69) is 11.9 Å². The lowest BCUT2D eigenvalue weighted by molar-refractivity contribution is 0.418. The third-order valence-corrected chi connectivity index (χ3v) is 2.72. The van der Waals surface area contributed by atoms with Crippen molar-refractivity contribution in [1.29, 1.82) is 0 Å². The summed E-state index contributed by atoms with van der Waals surface area (Å²) in [6.07, 6.45) is 0. The second-order valence-corrected chi connectivity index (χ2v) is 4.01. The molecule has 0 aliphatic heterocycles. The van der Waals surface area contributed by atoms with Crippen LogP contribution in [0.2, 0.25) is 0 Å². The third kappa shape index (κ3) is 1.74. The number of methoxy groups -OCH3 is 1. The number of nitrogens with two attached hydrogens (primary N) is 1. The summed E-state index contributed by atoms with van der Waals surface area (Å²) in [7, 11) is 1.66. The molecular formula is C13H16N2O. The van der Waals surface area contributed by atoms with Gasteiger partial charge in [0.2, 0.25) is 0 Å². The number of aromatic nitrogens is 1. The zero-order valence-corrected chi connectivity index (χ0v) is 9.82. The van der Waals surface area contributed by atoms with Crippen molar-refractivity contribution in [3.05, 3.63) is 35.5 Å². The molecule has 84 valence electrons. The summed E-state index contributed by atoms with van der Waals surface area (Å²) in [5, 5.41) is 1.11. The van der Waals surface area contributed by atoms with Gasteiger partial charge in [-0.3, -0.25) is 0 Å². The van der Waals surface area contributed by atoms with Crippen molar-refractivity contribution in [2.75, 3.05) is 7.11 Å². The lowest BCUT2D eigenvalue weighted by Gasteiger charge is -2.11. The Bertz CT molecular complexity index is 521. The molecular weight excluding hydrogens is 200 g/mol. The van der Waals surface area contributed by atoms with Crippen molar-refractivity contribution in [3.8, 4) is 5.75 Å². The van der Waals surface area contributed by atoms with Gasteiger partial charge in [-0.15, -0.1) is 0 Å². The van der Waals surface area contributed by atoms with Crippen LogP contribution in [0.5, 0.6) is 5.75 Å². The molecule has 2 rings (SSSR count). The number of ether oxygens (including phenoxy) is 1. The average molecular weight is 216 g/mol. The van der Waals surface area contributed by atoms with Gasteiger partial charge in [0.25, 0.3) is 0 Å². The third-order valence-electron chi connectivity index (χ3n) is 2.72. The van der Waals surface area contributed by atoms with Gasteiger partial charge in [-0.25, -0.2) is 4.98 Å². The van der Waals surface area contributed by atoms with Crippen LogP contribution in [0.1, 0.15) is 24.2 Å². The van der Waals surface area contributed by atoms with Crippen molar-refractivity contribution in [1.82, 2.24) is 4.98 Å². The van der Waals surface area contributed by atoms with Crippen LogP contribution in [-0.4, -0.2) is 12.1 Å². The van der Waals surface area contributed by atoms with Gasteiger partial charge in [0.05, 0.1) is 12.8 Å². The van der Waals surface area contributed by atoms with Gasteiger partial charge < -0.3 is 10.5 Å². The molecule has 2 aromatic rings. The Morgan fingerprint density at radius 2 is 2.12 bits per heavy atom. The smallest absolute Gasteiger partial charge is 0.145 e. The number of rotatable bonds is 2. The van der Waals surface area contributed by atoms with Gasteiger partial charge in [-0.1, -0.05) is 12.1 Å². The normalized spacial score (nSPS) is 12.8. The number of fused-ring (bicyclic) bond motifs is 1. The molecule has 0 spiro atoms. The minimum Gasteiger partial charge on any atom is -0.494 e. The van der Waals surface area contributed by atoms with Crippen molar-refractivity contribution in [2.24, 2.45) is 5.73 Å². The Kier molecular flexibility index (Phi) is 2.79. The lowest BCUT2D eigenvalue weighted by Crippen LogP contribution is -2.08. The van der Waals surface area contributed by atoms with Crippen molar-refractivity contribution in [2.45, 2.75) is 19.9 Å². The Balaban J connectivity index is 2.77. The highest BCUT2D eigenvalue weighted by Crippen LogP contribution is 2.27. The van der Waals surface area contributed by atoms with Gasteiger partial charge >= 0.3 is 0 Å². The summed E-state index contributed by atoms with van der Waals surface area (Å²) in [5.41, 5.74) is 8.82. The van der Waals surface area contributed by atoms with Crippen LogP contribution in [-0.2, 0) is 0 Å². The SMILES string of the molecule is COc1cccc2c(C)cc(C(C)N)nc12. The van der Waals surface area contributed by atoms with E-state index in [1.807, 2.05) is 31.2 Å². The fraction of sp³-hybridized carbons (Fsp3) is 0.308. The van der Waals surface area contributed by atoms with E-state index in [1.54, 1.807) is 7.11 Å². The number of benzene rings is 1. The first-order chi connectivity index (χ1) is 7.63. The first-order valence-corrected chi connectivity index (χ1v) is 5.33. The van der Waals surface area contributed by atoms with Crippen molar-refractivity contribution < 1.29 is 4.74 Å². The Morgan fingerprint density at radius 1 is 1.38 bits per heavy atom. The maximum Gasteiger partial charge on any atom is 0.145 e. The summed E-state index contributed by atoms with van der Waals surface area (Å²) in [4.78, 5) is 4.56. The summed E-state index contributed by atoms with van der Waals surface area (Å²) in [6.45, 7) is 4.00. The molecule has 0 saturated heterocycles. The second kappa shape index (κ2) is 4.10. The van der Waals surface area contributed by atoms with Crippen LogP contribution in [0.25, 0.3) is 10.9 Å². The Labute approximate surface area is 95.2 Å². The predicted molar refractivity (Wildman–Crippen MR) is 65.6 cm³/mol. The molecule has 0 aliphatic rings. The first-order valence-electron chi connectivity index (χ1n) is 5.33. The molecule has 0 bridgehead atoms. The van der Waals surface area contributed by atoms with Crippen LogP contribution >= 0.6 is 0 Å². The molecule has 1 unspecified atom stereocenters. The van der Waals surface area contributed by atoms with E-state index in [4.69, 9.17) is 10.5 Å². The van der Waals surface area contributed by atoms with E-state index in [1.165, 1.54) is 5.56 Å². The Hall–Kier alpha value is -1.61. The number of nitrogens with zero attached hydrogens (tertiary/aromatic N) is 1. The van der Waals surface area contributed by atoms with Crippen LogP contribution in [0.3, 0.4) is 0 Å². The van der Waals surface area contributed by atoms with E-state index in [9.17, 15) is 0 Å². The average Bonchev–Trinajstić information content (AvgIpc) is 2.28. The molecule has 2 N–H and O–H groups in total. The molecule has 1 heterocycles. The zero-order chi connectivity index (χ0) is 11.7. The molecule has 0 radical (unpaired) electrons. The minimum absolute atomic E-state index is 0.0620. The fourth-order valence-corrected chi connectivity index (χ4v) is 1.81. The number of hydrogen-bond donors (Lipinski definition) is 1. The number of hydrogen-bond acceptors (Lipinski definition) is 3. The maximum absolute atomic E-state index is 5.86. The van der Waals surface area contributed by atoms with Crippen LogP contribution < -0.4 is 10.5 Å². The molecule has 1 atom stereocenters. The van der Waals surface area contributed by atoms with E-state index in [0.29, 0.717) is 0 Å². The van der Waals surface area contributed by atoms with Gasteiger partial charge in [-0.05, 0) is 31.5 Å². The van der Waals surface area contributed by atoms with E-state index in [-0.39, 0.29) is 6.04 Å². The highest BCUT2D eigenvalue weighted by molar-refractivity contribution is 5.87. The van der Waals surface area contributed by atoms with E-state index in [0.717, 1.165) is 22.3 Å². The minimum atomic E-state index is -0.0620. The van der Waals surface area contributed by atoms with Crippen molar-refractivity contribution >= 4 is 10.9 Å². The molecule has 3 heteroatoms. The number of pyridine rings is 1. The Morgan fingerprint density at radius 3 is 2.75 bits per heavy atom. The molecule has 1 aromatic carbocycles. The van der Waals surface area contributed by atoms with Crippen LogP contribution in [0, 0.1) is 6.92 Å². The largest absolute Gasteiger partial charge is 0.494 e. The molecule has 0 aliphatic carbocycles. The summed E-state index contributed by atoms with van der Waals surface area (Å²) in [6, 6.07) is 7.91. The monoisotopic (exact) mass is 216 g/mol. The van der Waals surface area contributed by atoms with Crippen molar-refractivity contribution in [3.63, 3.8) is 0 Å². The van der Waals surface area contributed by atoms with Gasteiger partial charge in [0.1, 0.15) is 11.3 Å². The van der Waals surface area contributed by atoms with E-state index >= 15 is 0 Å². The maximum atomic E-state index is 5.86. The second-order valence-electron chi connectivity index (χ2n) is 4.01.